The van der Waals surface area contributed by atoms with Crippen LogP contribution in [0.2, 0.25) is 0 Å². The average Bonchev–Trinajstić information content (AvgIpc) is 2.74. The van der Waals surface area contributed by atoms with Crippen LogP contribution in [0.25, 0.3) is 6.08 Å². The number of hydrogen-bond donors (Lipinski definition) is 0. The van der Waals surface area contributed by atoms with Crippen molar-refractivity contribution in [2.75, 3.05) is 13.1 Å². The molecular formula is C15H22N2O2S. The molecule has 0 spiro atoms. The maximum atomic E-state index is 12.0. The second kappa shape index (κ2) is 5.95. The molecule has 20 heavy (non-hydrogen) atoms. The minimum absolute atomic E-state index is 0.204. The van der Waals surface area contributed by atoms with E-state index in [1.165, 1.54) is 22.7 Å². The van der Waals surface area contributed by atoms with Crippen LogP contribution in [-0.4, -0.2) is 34.1 Å². The van der Waals surface area contributed by atoms with E-state index in [1.807, 2.05) is 27.7 Å². The molecular weight excluding hydrogens is 272 g/mol. The lowest BCUT2D eigenvalue weighted by Gasteiger charge is -2.31. The van der Waals surface area contributed by atoms with Gasteiger partial charge in [-0.05, 0) is 52.1 Å². The Kier molecular flexibility index (Phi) is 4.48. The molecule has 0 N–H and O–H groups in total. The lowest BCUT2D eigenvalue weighted by molar-refractivity contribution is 0.0237. The van der Waals surface area contributed by atoms with Gasteiger partial charge in [0.2, 0.25) is 0 Å². The predicted molar refractivity (Wildman–Crippen MR) is 81.9 cm³/mol. The SMILES string of the molecule is Cc1nscc1C=C1CCN(C(=O)OC(C)(C)C)CC1. The number of carbonyl (C=O) groups is 1. The highest BCUT2D eigenvalue weighted by molar-refractivity contribution is 7.03. The van der Waals surface area contributed by atoms with Crippen molar-refractivity contribution in [3.8, 4) is 0 Å². The fourth-order valence-corrected chi connectivity index (χ4v) is 2.77. The van der Waals surface area contributed by atoms with Crippen molar-refractivity contribution < 1.29 is 9.53 Å². The number of rotatable bonds is 1. The summed E-state index contributed by atoms with van der Waals surface area (Å²) >= 11 is 1.49. The normalized spacial score (nSPS) is 16.2. The van der Waals surface area contributed by atoms with Crippen LogP contribution in [-0.2, 0) is 4.74 Å². The second-order valence-corrected chi connectivity index (χ2v) is 6.75. The van der Waals surface area contributed by atoms with Gasteiger partial charge >= 0.3 is 6.09 Å². The van der Waals surface area contributed by atoms with E-state index < -0.39 is 5.60 Å². The summed E-state index contributed by atoms with van der Waals surface area (Å²) in [5, 5.41) is 2.07. The van der Waals surface area contributed by atoms with Crippen molar-refractivity contribution in [2.24, 2.45) is 0 Å². The molecule has 1 amide bonds. The minimum Gasteiger partial charge on any atom is -0.444 e. The van der Waals surface area contributed by atoms with Crippen molar-refractivity contribution >= 4 is 23.7 Å². The molecule has 0 unspecified atom stereocenters. The highest BCUT2D eigenvalue weighted by atomic mass is 32.1. The molecule has 1 aromatic rings. The smallest absolute Gasteiger partial charge is 0.410 e. The van der Waals surface area contributed by atoms with Crippen LogP contribution in [0.15, 0.2) is 11.0 Å². The Labute approximate surface area is 124 Å². The number of amides is 1. The molecule has 1 saturated heterocycles. The summed E-state index contributed by atoms with van der Waals surface area (Å²) in [7, 11) is 0. The van der Waals surface area contributed by atoms with Gasteiger partial charge in [-0.3, -0.25) is 0 Å². The molecule has 0 radical (unpaired) electrons. The van der Waals surface area contributed by atoms with Gasteiger partial charge in [-0.25, -0.2) is 4.79 Å². The third-order valence-electron chi connectivity index (χ3n) is 3.20. The quantitative estimate of drug-likeness (QED) is 0.789. The van der Waals surface area contributed by atoms with E-state index in [0.29, 0.717) is 0 Å². The molecule has 0 atom stereocenters. The van der Waals surface area contributed by atoms with Crippen molar-refractivity contribution in [1.82, 2.24) is 9.27 Å². The Morgan fingerprint density at radius 2 is 2.05 bits per heavy atom. The summed E-state index contributed by atoms with van der Waals surface area (Å²) in [5.41, 5.74) is 3.24. The largest absolute Gasteiger partial charge is 0.444 e. The molecule has 1 aromatic heterocycles. The maximum Gasteiger partial charge on any atom is 0.410 e. The molecule has 0 aliphatic carbocycles. The molecule has 0 saturated carbocycles. The third-order valence-corrected chi connectivity index (χ3v) is 3.94. The molecule has 1 fully saturated rings. The van der Waals surface area contributed by atoms with Crippen LogP contribution < -0.4 is 0 Å². The summed E-state index contributed by atoms with van der Waals surface area (Å²) in [6.45, 7) is 9.18. The summed E-state index contributed by atoms with van der Waals surface area (Å²) in [4.78, 5) is 13.8. The molecule has 0 aromatic carbocycles. The lowest BCUT2D eigenvalue weighted by atomic mass is 10.0. The minimum atomic E-state index is -0.424. The molecule has 2 rings (SSSR count). The monoisotopic (exact) mass is 294 g/mol. The van der Waals surface area contributed by atoms with Crippen molar-refractivity contribution in [3.05, 3.63) is 22.2 Å². The standard InChI is InChI=1S/C15H22N2O2S/c1-11-13(10-20-16-11)9-12-5-7-17(8-6-12)14(18)19-15(2,3)4/h9-10H,5-8H2,1-4H3. The van der Waals surface area contributed by atoms with Crippen LogP contribution in [0.5, 0.6) is 0 Å². The van der Waals surface area contributed by atoms with E-state index in [-0.39, 0.29) is 6.09 Å². The van der Waals surface area contributed by atoms with Crippen LogP contribution in [0.1, 0.15) is 44.9 Å². The Hall–Kier alpha value is -1.36. The number of carbonyl (C=O) groups excluding carboxylic acids is 1. The van der Waals surface area contributed by atoms with Crippen molar-refractivity contribution in [2.45, 2.75) is 46.1 Å². The fraction of sp³-hybridized carbons (Fsp3) is 0.600. The van der Waals surface area contributed by atoms with Gasteiger partial charge < -0.3 is 9.64 Å². The molecule has 110 valence electrons. The van der Waals surface area contributed by atoms with Gasteiger partial charge in [0.05, 0.1) is 5.69 Å². The topological polar surface area (TPSA) is 42.4 Å². The van der Waals surface area contributed by atoms with Crippen LogP contribution >= 0.6 is 11.5 Å². The molecule has 2 heterocycles. The number of hydrogen-bond acceptors (Lipinski definition) is 4. The zero-order chi connectivity index (χ0) is 14.8. The number of likely N-dealkylation sites (tertiary alicyclic amines) is 1. The van der Waals surface area contributed by atoms with E-state index in [2.05, 4.69) is 15.8 Å². The average molecular weight is 294 g/mol. The molecule has 1 aliphatic rings. The molecule has 0 bridgehead atoms. The first kappa shape index (κ1) is 15.0. The Morgan fingerprint density at radius 1 is 1.40 bits per heavy atom. The highest BCUT2D eigenvalue weighted by Crippen LogP contribution is 2.22. The predicted octanol–water partition coefficient (Wildman–Crippen LogP) is 3.87. The fourth-order valence-electron chi connectivity index (χ4n) is 2.11. The van der Waals surface area contributed by atoms with Gasteiger partial charge in [0.25, 0.3) is 0 Å². The molecule has 5 heteroatoms. The van der Waals surface area contributed by atoms with E-state index >= 15 is 0 Å². The van der Waals surface area contributed by atoms with E-state index in [0.717, 1.165) is 31.6 Å². The van der Waals surface area contributed by atoms with Gasteiger partial charge in [-0.2, -0.15) is 4.37 Å². The number of aromatic nitrogens is 1. The van der Waals surface area contributed by atoms with Gasteiger partial charge in [0.1, 0.15) is 5.60 Å². The van der Waals surface area contributed by atoms with Crippen molar-refractivity contribution in [3.63, 3.8) is 0 Å². The van der Waals surface area contributed by atoms with Crippen LogP contribution in [0.3, 0.4) is 0 Å². The van der Waals surface area contributed by atoms with Gasteiger partial charge in [0, 0.05) is 24.0 Å². The van der Waals surface area contributed by atoms with Gasteiger partial charge in [-0.1, -0.05) is 11.6 Å². The van der Waals surface area contributed by atoms with E-state index in [1.54, 1.807) is 4.90 Å². The number of aryl methyl sites for hydroxylation is 1. The summed E-state index contributed by atoms with van der Waals surface area (Å²) < 4.78 is 9.67. The van der Waals surface area contributed by atoms with E-state index in [4.69, 9.17) is 4.74 Å². The first-order chi connectivity index (χ1) is 9.35. The number of piperidine rings is 1. The number of ether oxygens (including phenoxy) is 1. The summed E-state index contributed by atoms with van der Waals surface area (Å²) in [6, 6.07) is 0. The Balaban J connectivity index is 1.91. The maximum absolute atomic E-state index is 12.0. The molecule has 4 nitrogen and oxygen atoms in total. The lowest BCUT2D eigenvalue weighted by Crippen LogP contribution is -2.40. The second-order valence-electron chi connectivity index (χ2n) is 6.13. The number of nitrogens with zero attached hydrogens (tertiary/aromatic N) is 2. The van der Waals surface area contributed by atoms with Crippen LogP contribution in [0.4, 0.5) is 4.79 Å². The van der Waals surface area contributed by atoms with Gasteiger partial charge in [-0.15, -0.1) is 0 Å². The summed E-state index contributed by atoms with van der Waals surface area (Å²) in [5.74, 6) is 0. The first-order valence-electron chi connectivity index (χ1n) is 6.93. The zero-order valence-corrected chi connectivity index (χ0v) is 13.4. The third kappa shape index (κ3) is 4.07. The van der Waals surface area contributed by atoms with Crippen LogP contribution in [0, 0.1) is 6.92 Å². The summed E-state index contributed by atoms with van der Waals surface area (Å²) in [6.07, 6.45) is 3.83. The van der Waals surface area contributed by atoms with E-state index in [9.17, 15) is 4.79 Å². The highest BCUT2D eigenvalue weighted by Gasteiger charge is 2.24. The first-order valence-corrected chi connectivity index (χ1v) is 7.77. The Bertz CT molecular complexity index is 504. The molecule has 1 aliphatic heterocycles. The van der Waals surface area contributed by atoms with Gasteiger partial charge in [0.15, 0.2) is 0 Å². The Morgan fingerprint density at radius 3 is 2.55 bits per heavy atom. The van der Waals surface area contributed by atoms with Crippen molar-refractivity contribution in [1.29, 1.82) is 0 Å². The zero-order valence-electron chi connectivity index (χ0n) is 12.6.